The zero-order valence-corrected chi connectivity index (χ0v) is 13.9. The Hall–Kier alpha value is -1.52. The van der Waals surface area contributed by atoms with E-state index in [9.17, 15) is 5.11 Å². The second kappa shape index (κ2) is 7.48. The standard InChI is InChI=1S/C17H20BrNO2/c1-3-16(15-10-13(18)7-8-17(15)20)19-14-6-4-5-12(9-14)11-21-2/h4-10,16,19-20H,3,11H2,1-2H3. The summed E-state index contributed by atoms with van der Waals surface area (Å²) in [7, 11) is 1.69. The fourth-order valence-electron chi connectivity index (χ4n) is 2.32. The molecule has 0 heterocycles. The predicted octanol–water partition coefficient (Wildman–Crippen LogP) is 4.86. The first-order chi connectivity index (χ1) is 10.1. The monoisotopic (exact) mass is 349 g/mol. The maximum absolute atomic E-state index is 10.1. The van der Waals surface area contributed by atoms with Crippen molar-refractivity contribution in [3.63, 3.8) is 0 Å². The zero-order chi connectivity index (χ0) is 15.2. The number of phenolic OH excluding ortho intramolecular Hbond substituents is 1. The number of rotatable bonds is 6. The molecule has 0 aliphatic rings. The Morgan fingerprint density at radius 3 is 2.76 bits per heavy atom. The molecule has 0 aromatic heterocycles. The Kier molecular flexibility index (Phi) is 5.65. The number of hydrogen-bond acceptors (Lipinski definition) is 3. The van der Waals surface area contributed by atoms with E-state index in [0.717, 1.165) is 27.7 Å². The van der Waals surface area contributed by atoms with E-state index >= 15 is 0 Å². The van der Waals surface area contributed by atoms with Crippen molar-refractivity contribution >= 4 is 21.6 Å². The average Bonchev–Trinajstić information content (AvgIpc) is 2.48. The fraction of sp³-hybridized carbons (Fsp3) is 0.294. The van der Waals surface area contributed by atoms with Gasteiger partial charge in [0.25, 0.3) is 0 Å². The highest BCUT2D eigenvalue weighted by molar-refractivity contribution is 9.10. The summed E-state index contributed by atoms with van der Waals surface area (Å²) in [4.78, 5) is 0. The molecule has 0 saturated heterocycles. The highest BCUT2D eigenvalue weighted by Gasteiger charge is 2.14. The molecule has 0 saturated carbocycles. The van der Waals surface area contributed by atoms with Gasteiger partial charge in [0.2, 0.25) is 0 Å². The Morgan fingerprint density at radius 2 is 2.05 bits per heavy atom. The van der Waals surface area contributed by atoms with E-state index in [1.807, 2.05) is 30.3 Å². The minimum absolute atomic E-state index is 0.0558. The Morgan fingerprint density at radius 1 is 1.24 bits per heavy atom. The molecule has 1 unspecified atom stereocenters. The van der Waals surface area contributed by atoms with Crippen molar-refractivity contribution in [1.82, 2.24) is 0 Å². The van der Waals surface area contributed by atoms with Gasteiger partial charge in [-0.3, -0.25) is 0 Å². The summed E-state index contributed by atoms with van der Waals surface area (Å²) < 4.78 is 6.12. The van der Waals surface area contributed by atoms with Crippen LogP contribution in [0.15, 0.2) is 46.9 Å². The molecular formula is C17H20BrNO2. The van der Waals surface area contributed by atoms with Crippen molar-refractivity contribution in [2.45, 2.75) is 26.0 Å². The minimum atomic E-state index is 0.0558. The number of methoxy groups -OCH3 is 1. The number of aromatic hydroxyl groups is 1. The van der Waals surface area contributed by atoms with Crippen LogP contribution >= 0.6 is 15.9 Å². The summed E-state index contributed by atoms with van der Waals surface area (Å²) in [6.07, 6.45) is 0.874. The molecule has 0 spiro atoms. The largest absolute Gasteiger partial charge is 0.508 e. The van der Waals surface area contributed by atoms with E-state index in [4.69, 9.17) is 4.74 Å². The van der Waals surface area contributed by atoms with Gasteiger partial charge in [-0.15, -0.1) is 0 Å². The van der Waals surface area contributed by atoms with Crippen LogP contribution in [0.25, 0.3) is 0 Å². The molecule has 0 fully saturated rings. The number of anilines is 1. The van der Waals surface area contributed by atoms with Crippen molar-refractivity contribution in [3.05, 3.63) is 58.1 Å². The topological polar surface area (TPSA) is 41.5 Å². The lowest BCUT2D eigenvalue weighted by Crippen LogP contribution is -2.10. The second-order valence-corrected chi connectivity index (χ2v) is 5.86. The molecule has 0 bridgehead atoms. The van der Waals surface area contributed by atoms with Gasteiger partial charge >= 0.3 is 0 Å². The summed E-state index contributed by atoms with van der Waals surface area (Å²) in [6.45, 7) is 2.69. The van der Waals surface area contributed by atoms with Crippen LogP contribution in [0.1, 0.15) is 30.5 Å². The van der Waals surface area contributed by atoms with Crippen LogP contribution in [0.5, 0.6) is 5.75 Å². The maximum atomic E-state index is 10.1. The fourth-order valence-corrected chi connectivity index (χ4v) is 2.70. The van der Waals surface area contributed by atoms with Crippen molar-refractivity contribution < 1.29 is 9.84 Å². The summed E-state index contributed by atoms with van der Waals surface area (Å²) in [5, 5.41) is 13.5. The minimum Gasteiger partial charge on any atom is -0.508 e. The molecule has 0 aliphatic carbocycles. The molecular weight excluding hydrogens is 330 g/mol. The Balaban J connectivity index is 2.22. The smallest absolute Gasteiger partial charge is 0.120 e. The zero-order valence-electron chi connectivity index (χ0n) is 12.3. The molecule has 2 aromatic carbocycles. The molecule has 1 atom stereocenters. The van der Waals surface area contributed by atoms with Gasteiger partial charge in [-0.2, -0.15) is 0 Å². The molecule has 21 heavy (non-hydrogen) atoms. The summed E-state index contributed by atoms with van der Waals surface area (Å²) in [6, 6.07) is 13.7. The highest BCUT2D eigenvalue weighted by Crippen LogP contribution is 2.32. The van der Waals surface area contributed by atoms with Gasteiger partial charge in [-0.1, -0.05) is 35.0 Å². The lowest BCUT2D eigenvalue weighted by molar-refractivity contribution is 0.185. The van der Waals surface area contributed by atoms with E-state index < -0.39 is 0 Å². The lowest BCUT2D eigenvalue weighted by Gasteiger charge is -2.20. The summed E-state index contributed by atoms with van der Waals surface area (Å²) in [5.41, 5.74) is 3.04. The van der Waals surface area contributed by atoms with Crippen LogP contribution < -0.4 is 5.32 Å². The molecule has 0 amide bonds. The van der Waals surface area contributed by atoms with Crippen molar-refractivity contribution in [1.29, 1.82) is 0 Å². The third-order valence-electron chi connectivity index (χ3n) is 3.35. The molecule has 2 N–H and O–H groups in total. The van der Waals surface area contributed by atoms with E-state index in [1.165, 1.54) is 0 Å². The predicted molar refractivity (Wildman–Crippen MR) is 89.6 cm³/mol. The van der Waals surface area contributed by atoms with Gasteiger partial charge < -0.3 is 15.2 Å². The Labute approximate surface area is 134 Å². The van der Waals surface area contributed by atoms with Crippen molar-refractivity contribution in [2.24, 2.45) is 0 Å². The van der Waals surface area contributed by atoms with E-state index in [2.05, 4.69) is 34.2 Å². The summed E-state index contributed by atoms with van der Waals surface area (Å²) in [5.74, 6) is 0.311. The lowest BCUT2D eigenvalue weighted by atomic mass is 10.0. The first-order valence-corrected chi connectivity index (χ1v) is 7.76. The summed E-state index contributed by atoms with van der Waals surface area (Å²) >= 11 is 3.46. The van der Waals surface area contributed by atoms with Gasteiger partial charge in [-0.25, -0.2) is 0 Å². The van der Waals surface area contributed by atoms with Crippen LogP contribution in [0.4, 0.5) is 5.69 Å². The number of halogens is 1. The van der Waals surface area contributed by atoms with Crippen molar-refractivity contribution in [3.8, 4) is 5.75 Å². The van der Waals surface area contributed by atoms with Crippen LogP contribution in [0.3, 0.4) is 0 Å². The number of ether oxygens (including phenoxy) is 1. The van der Waals surface area contributed by atoms with Gasteiger partial charge in [0.15, 0.2) is 0 Å². The van der Waals surface area contributed by atoms with Crippen LogP contribution in [0, 0.1) is 0 Å². The number of benzene rings is 2. The normalized spacial score (nSPS) is 12.1. The van der Waals surface area contributed by atoms with E-state index in [0.29, 0.717) is 12.4 Å². The third kappa shape index (κ3) is 4.22. The quantitative estimate of drug-likeness (QED) is 0.781. The van der Waals surface area contributed by atoms with Crippen LogP contribution in [0.2, 0.25) is 0 Å². The first kappa shape index (κ1) is 15.9. The number of phenols is 1. The van der Waals surface area contributed by atoms with Crippen LogP contribution in [-0.2, 0) is 11.3 Å². The van der Waals surface area contributed by atoms with E-state index in [1.54, 1.807) is 13.2 Å². The third-order valence-corrected chi connectivity index (χ3v) is 3.85. The van der Waals surface area contributed by atoms with Gasteiger partial charge in [0.05, 0.1) is 12.6 Å². The van der Waals surface area contributed by atoms with Gasteiger partial charge in [0, 0.05) is 22.8 Å². The highest BCUT2D eigenvalue weighted by atomic mass is 79.9. The number of nitrogens with one attached hydrogen (secondary N) is 1. The number of hydrogen-bond donors (Lipinski definition) is 2. The molecule has 4 heteroatoms. The van der Waals surface area contributed by atoms with Gasteiger partial charge in [0.1, 0.15) is 5.75 Å². The maximum Gasteiger partial charge on any atom is 0.120 e. The second-order valence-electron chi connectivity index (χ2n) is 4.94. The first-order valence-electron chi connectivity index (χ1n) is 6.97. The molecule has 0 aliphatic heterocycles. The molecule has 3 nitrogen and oxygen atoms in total. The van der Waals surface area contributed by atoms with Crippen molar-refractivity contribution in [2.75, 3.05) is 12.4 Å². The Bertz CT molecular complexity index is 601. The SMILES string of the molecule is CCC(Nc1cccc(COC)c1)c1cc(Br)ccc1O. The molecule has 112 valence electrons. The van der Waals surface area contributed by atoms with Crippen LogP contribution in [-0.4, -0.2) is 12.2 Å². The van der Waals surface area contributed by atoms with E-state index in [-0.39, 0.29) is 6.04 Å². The average molecular weight is 350 g/mol. The molecule has 2 aromatic rings. The van der Waals surface area contributed by atoms with Gasteiger partial charge in [-0.05, 0) is 42.3 Å². The molecule has 0 radical (unpaired) electrons. The molecule has 2 rings (SSSR count).